The van der Waals surface area contributed by atoms with Crippen LogP contribution < -0.4 is 4.90 Å². The number of rotatable bonds is 1. The predicted octanol–water partition coefficient (Wildman–Crippen LogP) is 3.30. The molecule has 0 saturated heterocycles. The second kappa shape index (κ2) is 4.37. The first-order valence-corrected chi connectivity index (χ1v) is 6.34. The van der Waals surface area contributed by atoms with Gasteiger partial charge in [0.2, 0.25) is 0 Å². The fourth-order valence-corrected chi connectivity index (χ4v) is 2.56. The molecule has 0 radical (unpaired) electrons. The van der Waals surface area contributed by atoms with Crippen LogP contribution in [0, 0.1) is 6.92 Å². The zero-order valence-electron chi connectivity index (χ0n) is 10.3. The minimum absolute atomic E-state index is 0.200. The minimum Gasteiger partial charge on any atom is -0.369 e. The van der Waals surface area contributed by atoms with Crippen molar-refractivity contribution in [2.75, 3.05) is 4.90 Å². The molecule has 4 heteroatoms. The highest BCUT2D eigenvalue weighted by molar-refractivity contribution is 6.32. The van der Waals surface area contributed by atoms with E-state index >= 15 is 0 Å². The quantitative estimate of drug-likeness (QED) is 0.866. The predicted molar refractivity (Wildman–Crippen MR) is 74.4 cm³/mol. The van der Waals surface area contributed by atoms with E-state index in [4.69, 9.17) is 11.6 Å². The monoisotopic (exact) mass is 273 g/mol. The number of carbonyl (C=O) groups is 1. The van der Waals surface area contributed by atoms with Crippen molar-refractivity contribution in [2.45, 2.75) is 13.2 Å². The molecule has 19 heavy (non-hydrogen) atoms. The molecule has 0 aromatic heterocycles. The highest BCUT2D eigenvalue weighted by Crippen LogP contribution is 2.38. The average molecular weight is 274 g/mol. The summed E-state index contributed by atoms with van der Waals surface area (Å²) in [5.74, 6) is -0.200. The maximum absolute atomic E-state index is 12.4. The van der Waals surface area contributed by atoms with Gasteiger partial charge in [-0.1, -0.05) is 35.9 Å². The molecule has 1 N–H and O–H groups in total. The normalized spacial score (nSPS) is 17.7. The Labute approximate surface area is 116 Å². The lowest BCUT2D eigenvalue weighted by molar-refractivity contribution is 0.0935. The second-order valence-electron chi connectivity index (χ2n) is 4.52. The SMILES string of the molecule is Cc1c(Cl)cccc1N1C(=O)c2ccccc2C1O. The van der Waals surface area contributed by atoms with Crippen molar-refractivity contribution in [2.24, 2.45) is 0 Å². The van der Waals surface area contributed by atoms with Crippen molar-refractivity contribution >= 4 is 23.2 Å². The maximum Gasteiger partial charge on any atom is 0.261 e. The van der Waals surface area contributed by atoms with Crippen molar-refractivity contribution in [3.05, 3.63) is 64.2 Å². The van der Waals surface area contributed by atoms with E-state index in [9.17, 15) is 9.90 Å². The first kappa shape index (κ1) is 12.2. The van der Waals surface area contributed by atoms with Gasteiger partial charge in [-0.25, -0.2) is 0 Å². The van der Waals surface area contributed by atoms with Crippen LogP contribution >= 0.6 is 11.6 Å². The summed E-state index contributed by atoms with van der Waals surface area (Å²) in [7, 11) is 0. The van der Waals surface area contributed by atoms with Crippen LogP contribution in [0.5, 0.6) is 0 Å². The van der Waals surface area contributed by atoms with E-state index in [2.05, 4.69) is 0 Å². The summed E-state index contributed by atoms with van der Waals surface area (Å²) in [6.07, 6.45) is -0.958. The summed E-state index contributed by atoms with van der Waals surface area (Å²) in [6, 6.07) is 12.4. The van der Waals surface area contributed by atoms with E-state index in [1.807, 2.05) is 13.0 Å². The Bertz CT molecular complexity index is 669. The molecule has 3 nitrogen and oxygen atoms in total. The third-order valence-corrected chi connectivity index (χ3v) is 3.84. The number of benzene rings is 2. The standard InChI is InChI=1S/C15H12ClNO2/c1-9-12(16)7-4-8-13(9)17-14(18)10-5-2-3-6-11(10)15(17)19/h2-8,14,18H,1H3. The van der Waals surface area contributed by atoms with Gasteiger partial charge in [-0.05, 0) is 30.7 Å². The highest BCUT2D eigenvalue weighted by Gasteiger charge is 2.36. The summed E-state index contributed by atoms with van der Waals surface area (Å²) < 4.78 is 0. The van der Waals surface area contributed by atoms with E-state index in [-0.39, 0.29) is 5.91 Å². The average Bonchev–Trinajstić information content (AvgIpc) is 2.67. The number of hydrogen-bond donors (Lipinski definition) is 1. The summed E-state index contributed by atoms with van der Waals surface area (Å²) in [6.45, 7) is 1.83. The molecule has 96 valence electrons. The molecule has 0 aliphatic carbocycles. The molecule has 1 heterocycles. The van der Waals surface area contributed by atoms with Crippen molar-refractivity contribution in [3.63, 3.8) is 0 Å². The van der Waals surface area contributed by atoms with Crippen molar-refractivity contribution in [1.82, 2.24) is 0 Å². The fourth-order valence-electron chi connectivity index (χ4n) is 2.40. The summed E-state index contributed by atoms with van der Waals surface area (Å²) in [5.41, 5.74) is 2.59. The minimum atomic E-state index is -0.958. The van der Waals surface area contributed by atoms with E-state index in [0.717, 1.165) is 5.56 Å². The number of hydrogen-bond acceptors (Lipinski definition) is 2. The molecule has 2 aromatic carbocycles. The maximum atomic E-state index is 12.4. The van der Waals surface area contributed by atoms with Crippen molar-refractivity contribution in [1.29, 1.82) is 0 Å². The van der Waals surface area contributed by atoms with Crippen LogP contribution in [0.1, 0.15) is 27.7 Å². The van der Waals surface area contributed by atoms with Crippen LogP contribution in [-0.4, -0.2) is 11.0 Å². The van der Waals surface area contributed by atoms with Gasteiger partial charge in [-0.15, -0.1) is 0 Å². The number of aliphatic hydroxyl groups excluding tert-OH is 1. The van der Waals surface area contributed by atoms with Crippen molar-refractivity contribution in [3.8, 4) is 0 Å². The number of fused-ring (bicyclic) bond motifs is 1. The lowest BCUT2D eigenvalue weighted by atomic mass is 10.1. The fraction of sp³-hybridized carbons (Fsp3) is 0.133. The van der Waals surface area contributed by atoms with Gasteiger partial charge in [0.1, 0.15) is 0 Å². The van der Waals surface area contributed by atoms with E-state index in [0.29, 0.717) is 21.8 Å². The van der Waals surface area contributed by atoms with E-state index in [1.165, 1.54) is 4.90 Å². The van der Waals surface area contributed by atoms with Gasteiger partial charge < -0.3 is 5.11 Å². The van der Waals surface area contributed by atoms with Crippen LogP contribution in [0.4, 0.5) is 5.69 Å². The Balaban J connectivity index is 2.14. The van der Waals surface area contributed by atoms with Gasteiger partial charge in [0.05, 0.1) is 5.69 Å². The molecule has 1 unspecified atom stereocenters. The summed E-state index contributed by atoms with van der Waals surface area (Å²) >= 11 is 6.08. The molecule has 0 bridgehead atoms. The Morgan fingerprint density at radius 3 is 2.63 bits per heavy atom. The first-order valence-electron chi connectivity index (χ1n) is 5.97. The largest absolute Gasteiger partial charge is 0.369 e. The highest BCUT2D eigenvalue weighted by atomic mass is 35.5. The number of amides is 1. The van der Waals surface area contributed by atoms with Crippen LogP contribution in [0.3, 0.4) is 0 Å². The molecule has 1 amide bonds. The third kappa shape index (κ3) is 1.74. The molecule has 0 saturated carbocycles. The molecular formula is C15H12ClNO2. The lowest BCUT2D eigenvalue weighted by Gasteiger charge is -2.23. The van der Waals surface area contributed by atoms with Gasteiger partial charge in [0, 0.05) is 16.1 Å². The molecule has 2 aromatic rings. The van der Waals surface area contributed by atoms with E-state index < -0.39 is 6.23 Å². The van der Waals surface area contributed by atoms with Crippen molar-refractivity contribution < 1.29 is 9.90 Å². The number of halogens is 1. The lowest BCUT2D eigenvalue weighted by Crippen LogP contribution is -2.28. The molecule has 1 atom stereocenters. The van der Waals surface area contributed by atoms with Crippen LogP contribution in [-0.2, 0) is 0 Å². The Kier molecular flexibility index (Phi) is 2.81. The number of nitrogens with zero attached hydrogens (tertiary/aromatic N) is 1. The van der Waals surface area contributed by atoms with Crippen LogP contribution in [0.25, 0.3) is 0 Å². The number of aliphatic hydroxyl groups is 1. The smallest absolute Gasteiger partial charge is 0.261 e. The number of anilines is 1. The van der Waals surface area contributed by atoms with Gasteiger partial charge in [-0.2, -0.15) is 0 Å². The Morgan fingerprint density at radius 2 is 1.89 bits per heavy atom. The zero-order chi connectivity index (χ0) is 13.6. The van der Waals surface area contributed by atoms with Crippen LogP contribution in [0.2, 0.25) is 5.02 Å². The molecular weight excluding hydrogens is 262 g/mol. The topological polar surface area (TPSA) is 40.5 Å². The summed E-state index contributed by atoms with van der Waals surface area (Å²) in [5, 5.41) is 10.9. The zero-order valence-corrected chi connectivity index (χ0v) is 11.1. The molecule has 0 fully saturated rings. The van der Waals surface area contributed by atoms with E-state index in [1.54, 1.807) is 36.4 Å². The summed E-state index contributed by atoms with van der Waals surface area (Å²) in [4.78, 5) is 13.8. The Hall–Kier alpha value is -1.84. The van der Waals surface area contributed by atoms with Gasteiger partial charge >= 0.3 is 0 Å². The molecule has 0 spiro atoms. The van der Waals surface area contributed by atoms with Gasteiger partial charge in [0.25, 0.3) is 5.91 Å². The number of carbonyl (C=O) groups excluding carboxylic acids is 1. The van der Waals surface area contributed by atoms with Crippen LogP contribution in [0.15, 0.2) is 42.5 Å². The van der Waals surface area contributed by atoms with Gasteiger partial charge in [0.15, 0.2) is 6.23 Å². The first-order chi connectivity index (χ1) is 9.11. The van der Waals surface area contributed by atoms with Gasteiger partial charge in [-0.3, -0.25) is 9.69 Å². The third-order valence-electron chi connectivity index (χ3n) is 3.43. The molecule has 1 aliphatic heterocycles. The second-order valence-corrected chi connectivity index (χ2v) is 4.93. The Morgan fingerprint density at radius 1 is 1.16 bits per heavy atom. The molecule has 1 aliphatic rings. The molecule has 3 rings (SSSR count).